The van der Waals surface area contributed by atoms with Crippen molar-refractivity contribution in [3.63, 3.8) is 0 Å². The highest BCUT2D eigenvalue weighted by atomic mass is 32.2. The highest BCUT2D eigenvalue weighted by Crippen LogP contribution is 2.24. The van der Waals surface area contributed by atoms with Gasteiger partial charge in [-0.15, -0.1) is 0 Å². The van der Waals surface area contributed by atoms with E-state index in [-0.39, 0.29) is 11.9 Å². The second-order valence-electron chi connectivity index (χ2n) is 7.22. The van der Waals surface area contributed by atoms with E-state index in [0.29, 0.717) is 12.3 Å². The van der Waals surface area contributed by atoms with Crippen molar-refractivity contribution in [1.29, 1.82) is 0 Å². The number of halogens is 1. The topological polar surface area (TPSA) is 56.7 Å². The number of piperidine rings is 1. The van der Waals surface area contributed by atoms with Crippen LogP contribution in [0, 0.1) is 12.7 Å². The molecule has 3 rings (SSSR count). The standard InChI is InChI=1S/C22H29FN4OS/c1-17-15-18(23)10-11-21(17)27-13-6-7-19(16-27)26-22(24-2)25-12-14-29(28)20-8-4-3-5-9-20/h3-5,8-11,15,19H,6-7,12-14,16H2,1-2H3,(H2,24,25,26). The van der Waals surface area contributed by atoms with Gasteiger partial charge in [0, 0.05) is 49.1 Å². The minimum Gasteiger partial charge on any atom is -0.369 e. The van der Waals surface area contributed by atoms with Crippen LogP contribution in [0.25, 0.3) is 0 Å². The molecule has 1 aliphatic rings. The first-order valence-corrected chi connectivity index (χ1v) is 11.3. The van der Waals surface area contributed by atoms with E-state index < -0.39 is 10.8 Å². The lowest BCUT2D eigenvalue weighted by molar-refractivity contribution is 0.468. The number of nitrogens with one attached hydrogen (secondary N) is 2. The highest BCUT2D eigenvalue weighted by Gasteiger charge is 2.22. The zero-order valence-corrected chi connectivity index (χ0v) is 17.8. The molecule has 7 heteroatoms. The molecule has 29 heavy (non-hydrogen) atoms. The maximum absolute atomic E-state index is 13.4. The van der Waals surface area contributed by atoms with Gasteiger partial charge in [0.2, 0.25) is 0 Å². The van der Waals surface area contributed by atoms with Crippen molar-refractivity contribution in [3.05, 3.63) is 59.9 Å². The molecule has 2 aromatic carbocycles. The largest absolute Gasteiger partial charge is 0.369 e. The number of hydrogen-bond acceptors (Lipinski definition) is 3. The van der Waals surface area contributed by atoms with Gasteiger partial charge in [-0.3, -0.25) is 9.20 Å². The van der Waals surface area contributed by atoms with E-state index in [4.69, 9.17) is 0 Å². The molecule has 1 fully saturated rings. The molecule has 0 spiro atoms. The number of rotatable bonds is 6. The number of guanidine groups is 1. The lowest BCUT2D eigenvalue weighted by Gasteiger charge is -2.36. The van der Waals surface area contributed by atoms with Gasteiger partial charge in [0.25, 0.3) is 0 Å². The summed E-state index contributed by atoms with van der Waals surface area (Å²) >= 11 is 0. The summed E-state index contributed by atoms with van der Waals surface area (Å²) in [6, 6.07) is 14.7. The van der Waals surface area contributed by atoms with E-state index in [2.05, 4.69) is 20.5 Å². The molecule has 0 bridgehead atoms. The lowest BCUT2D eigenvalue weighted by Crippen LogP contribution is -2.51. The zero-order valence-electron chi connectivity index (χ0n) is 17.0. The van der Waals surface area contributed by atoms with Crippen LogP contribution < -0.4 is 15.5 Å². The van der Waals surface area contributed by atoms with E-state index in [9.17, 15) is 8.60 Å². The quantitative estimate of drug-likeness (QED) is 0.561. The number of benzene rings is 2. The van der Waals surface area contributed by atoms with Crippen molar-refractivity contribution in [1.82, 2.24) is 10.6 Å². The lowest BCUT2D eigenvalue weighted by atomic mass is 10.0. The Morgan fingerprint density at radius 3 is 2.79 bits per heavy atom. The average Bonchev–Trinajstić information content (AvgIpc) is 2.73. The molecule has 1 saturated heterocycles. The number of aliphatic imine (C=N–C) groups is 1. The minimum absolute atomic E-state index is 0.199. The Labute approximate surface area is 174 Å². The third-order valence-corrected chi connectivity index (χ3v) is 6.44. The third kappa shape index (κ3) is 6.03. The molecule has 2 aromatic rings. The fraction of sp³-hybridized carbons (Fsp3) is 0.409. The molecule has 2 atom stereocenters. The second-order valence-corrected chi connectivity index (χ2v) is 8.79. The Balaban J connectivity index is 1.50. The summed E-state index contributed by atoms with van der Waals surface area (Å²) in [4.78, 5) is 7.45. The Hall–Kier alpha value is -2.41. The number of anilines is 1. The maximum atomic E-state index is 13.4. The highest BCUT2D eigenvalue weighted by molar-refractivity contribution is 7.85. The molecular formula is C22H29FN4OS. The van der Waals surface area contributed by atoms with Gasteiger partial charge >= 0.3 is 0 Å². The first-order valence-electron chi connectivity index (χ1n) is 9.98. The first-order chi connectivity index (χ1) is 14.1. The van der Waals surface area contributed by atoms with E-state index in [1.807, 2.05) is 43.3 Å². The molecule has 0 aromatic heterocycles. The Morgan fingerprint density at radius 2 is 2.07 bits per heavy atom. The zero-order chi connectivity index (χ0) is 20.6. The van der Waals surface area contributed by atoms with Crippen molar-refractivity contribution in [2.45, 2.75) is 30.7 Å². The summed E-state index contributed by atoms with van der Waals surface area (Å²) < 4.78 is 25.8. The maximum Gasteiger partial charge on any atom is 0.191 e. The molecule has 2 N–H and O–H groups in total. The van der Waals surface area contributed by atoms with Crippen LogP contribution in [-0.2, 0) is 10.8 Å². The van der Waals surface area contributed by atoms with Gasteiger partial charge < -0.3 is 15.5 Å². The van der Waals surface area contributed by atoms with Gasteiger partial charge in [0.1, 0.15) is 5.82 Å². The van der Waals surface area contributed by atoms with Crippen LogP contribution in [0.4, 0.5) is 10.1 Å². The summed E-state index contributed by atoms with van der Waals surface area (Å²) in [5.74, 6) is 1.05. The van der Waals surface area contributed by atoms with Gasteiger partial charge in [0.05, 0.1) is 10.8 Å². The number of nitrogens with zero attached hydrogens (tertiary/aromatic N) is 2. The van der Waals surface area contributed by atoms with Gasteiger partial charge in [-0.1, -0.05) is 18.2 Å². The van der Waals surface area contributed by atoms with Crippen LogP contribution >= 0.6 is 0 Å². The van der Waals surface area contributed by atoms with E-state index >= 15 is 0 Å². The Kier molecular flexibility index (Phi) is 7.63. The van der Waals surface area contributed by atoms with Crippen LogP contribution in [0.5, 0.6) is 0 Å². The number of hydrogen-bond donors (Lipinski definition) is 2. The molecule has 0 saturated carbocycles. The SMILES string of the molecule is CN=C(NCCS(=O)c1ccccc1)NC1CCCN(c2ccc(F)cc2C)C1. The Bertz CT molecular complexity index is 859. The molecule has 0 amide bonds. The molecule has 1 heterocycles. The molecule has 1 aliphatic heterocycles. The van der Waals surface area contributed by atoms with Crippen molar-refractivity contribution in [2.24, 2.45) is 4.99 Å². The summed E-state index contributed by atoms with van der Waals surface area (Å²) in [6.07, 6.45) is 2.11. The van der Waals surface area contributed by atoms with Gasteiger partial charge in [-0.2, -0.15) is 0 Å². The van der Waals surface area contributed by atoms with E-state index in [1.54, 1.807) is 13.1 Å². The summed E-state index contributed by atoms with van der Waals surface area (Å²) in [5, 5.41) is 6.74. The van der Waals surface area contributed by atoms with Gasteiger partial charge in [-0.05, 0) is 55.7 Å². The fourth-order valence-corrected chi connectivity index (χ4v) is 4.61. The van der Waals surface area contributed by atoms with E-state index in [0.717, 1.165) is 48.0 Å². The van der Waals surface area contributed by atoms with Crippen LogP contribution in [0.2, 0.25) is 0 Å². The minimum atomic E-state index is -1.03. The van der Waals surface area contributed by atoms with Crippen molar-refractivity contribution in [3.8, 4) is 0 Å². The molecule has 5 nitrogen and oxygen atoms in total. The normalized spacial score (nSPS) is 18.4. The summed E-state index contributed by atoms with van der Waals surface area (Å²) in [7, 11) is 0.716. The number of aryl methyl sites for hydroxylation is 1. The predicted molar refractivity (Wildman–Crippen MR) is 119 cm³/mol. The summed E-state index contributed by atoms with van der Waals surface area (Å²) in [6.45, 7) is 4.33. The molecule has 156 valence electrons. The Morgan fingerprint density at radius 1 is 1.28 bits per heavy atom. The predicted octanol–water partition coefficient (Wildman–Crippen LogP) is 3.08. The second kappa shape index (κ2) is 10.4. The molecular weight excluding hydrogens is 387 g/mol. The van der Waals surface area contributed by atoms with Crippen molar-refractivity contribution < 1.29 is 8.60 Å². The first kappa shape index (κ1) is 21.3. The third-order valence-electron chi connectivity index (χ3n) is 5.07. The van der Waals surface area contributed by atoms with Crippen LogP contribution in [0.3, 0.4) is 0 Å². The molecule has 2 unspecified atom stereocenters. The molecule has 0 aliphatic carbocycles. The van der Waals surface area contributed by atoms with Crippen molar-refractivity contribution in [2.75, 3.05) is 37.3 Å². The fourth-order valence-electron chi connectivity index (χ4n) is 3.63. The van der Waals surface area contributed by atoms with Gasteiger partial charge in [-0.25, -0.2) is 4.39 Å². The average molecular weight is 417 g/mol. The summed E-state index contributed by atoms with van der Waals surface area (Å²) in [5.41, 5.74) is 2.04. The smallest absolute Gasteiger partial charge is 0.191 e. The van der Waals surface area contributed by atoms with Crippen LogP contribution in [0.1, 0.15) is 18.4 Å². The monoisotopic (exact) mass is 416 g/mol. The van der Waals surface area contributed by atoms with Crippen LogP contribution in [-0.4, -0.2) is 48.6 Å². The van der Waals surface area contributed by atoms with Gasteiger partial charge in [0.15, 0.2) is 5.96 Å². The van der Waals surface area contributed by atoms with Crippen LogP contribution in [0.15, 0.2) is 58.4 Å². The molecule has 0 radical (unpaired) electrons. The van der Waals surface area contributed by atoms with E-state index in [1.165, 1.54) is 6.07 Å². The van der Waals surface area contributed by atoms with Crippen molar-refractivity contribution >= 4 is 22.4 Å².